The van der Waals surface area contributed by atoms with Crippen molar-refractivity contribution < 1.29 is 9.53 Å². The minimum atomic E-state index is -0.517. The Balaban J connectivity index is 2.85. The molecule has 0 unspecified atom stereocenters. The van der Waals surface area contributed by atoms with Gasteiger partial charge < -0.3 is 10.1 Å². The fraction of sp³-hybridized carbons (Fsp3) is 0.529. The van der Waals surface area contributed by atoms with Gasteiger partial charge in [0.25, 0.3) is 0 Å². The van der Waals surface area contributed by atoms with E-state index in [0.29, 0.717) is 11.5 Å². The SMILES string of the molecule is CC(C)C[C@H](NC(=O)OC(C)(C)C)c1ccc(C#N)cc1. The van der Waals surface area contributed by atoms with Gasteiger partial charge in [0.1, 0.15) is 5.60 Å². The normalized spacial score (nSPS) is 12.6. The highest BCUT2D eigenvalue weighted by Gasteiger charge is 2.21. The lowest BCUT2D eigenvalue weighted by molar-refractivity contribution is 0.0498. The van der Waals surface area contributed by atoms with E-state index in [4.69, 9.17) is 10.00 Å². The van der Waals surface area contributed by atoms with Gasteiger partial charge in [0.05, 0.1) is 17.7 Å². The van der Waals surface area contributed by atoms with Crippen molar-refractivity contribution in [2.75, 3.05) is 0 Å². The molecule has 0 spiro atoms. The summed E-state index contributed by atoms with van der Waals surface area (Å²) < 4.78 is 5.31. The predicted molar refractivity (Wildman–Crippen MR) is 82.7 cm³/mol. The highest BCUT2D eigenvalue weighted by atomic mass is 16.6. The number of amides is 1. The molecule has 0 saturated carbocycles. The Morgan fingerprint density at radius 3 is 2.29 bits per heavy atom. The summed E-state index contributed by atoms with van der Waals surface area (Å²) in [5.74, 6) is 0.431. The molecule has 4 nitrogen and oxygen atoms in total. The fourth-order valence-corrected chi connectivity index (χ4v) is 1.99. The van der Waals surface area contributed by atoms with E-state index in [1.807, 2.05) is 32.9 Å². The molecule has 114 valence electrons. The number of nitrogens with one attached hydrogen (secondary N) is 1. The zero-order valence-corrected chi connectivity index (χ0v) is 13.4. The van der Waals surface area contributed by atoms with Crippen molar-refractivity contribution in [3.63, 3.8) is 0 Å². The molecule has 1 aromatic carbocycles. The van der Waals surface area contributed by atoms with E-state index in [2.05, 4.69) is 25.2 Å². The Hall–Kier alpha value is -2.02. The molecular formula is C17H24N2O2. The van der Waals surface area contributed by atoms with Crippen LogP contribution in [-0.4, -0.2) is 11.7 Å². The van der Waals surface area contributed by atoms with E-state index in [0.717, 1.165) is 12.0 Å². The van der Waals surface area contributed by atoms with Crippen LogP contribution in [-0.2, 0) is 4.74 Å². The van der Waals surface area contributed by atoms with Crippen LogP contribution < -0.4 is 5.32 Å². The van der Waals surface area contributed by atoms with Crippen molar-refractivity contribution >= 4 is 6.09 Å². The van der Waals surface area contributed by atoms with Crippen molar-refractivity contribution in [3.05, 3.63) is 35.4 Å². The van der Waals surface area contributed by atoms with Gasteiger partial charge >= 0.3 is 6.09 Å². The number of benzene rings is 1. The Kier molecular flexibility index (Phi) is 5.78. The molecular weight excluding hydrogens is 264 g/mol. The van der Waals surface area contributed by atoms with Gasteiger partial charge in [-0.1, -0.05) is 26.0 Å². The van der Waals surface area contributed by atoms with Crippen molar-refractivity contribution in [2.24, 2.45) is 5.92 Å². The molecule has 1 rings (SSSR count). The van der Waals surface area contributed by atoms with E-state index in [1.165, 1.54) is 0 Å². The number of hydrogen-bond acceptors (Lipinski definition) is 3. The number of hydrogen-bond donors (Lipinski definition) is 1. The number of nitriles is 1. The standard InChI is InChI=1S/C17H24N2O2/c1-12(2)10-15(19-16(20)21-17(3,4)5)14-8-6-13(11-18)7-9-14/h6-9,12,15H,10H2,1-5H3,(H,19,20)/t15-/m0/s1. The molecule has 0 aliphatic carbocycles. The molecule has 0 fully saturated rings. The van der Waals surface area contributed by atoms with Gasteiger partial charge in [0.15, 0.2) is 0 Å². The molecule has 4 heteroatoms. The first-order chi connectivity index (χ1) is 9.71. The molecule has 0 saturated heterocycles. The van der Waals surface area contributed by atoms with E-state index >= 15 is 0 Å². The summed E-state index contributed by atoms with van der Waals surface area (Å²) in [7, 11) is 0. The van der Waals surface area contributed by atoms with Gasteiger partial charge in [-0.25, -0.2) is 4.79 Å². The first-order valence-corrected chi connectivity index (χ1v) is 7.21. The maximum atomic E-state index is 12.0. The number of carbonyl (C=O) groups is 1. The lowest BCUT2D eigenvalue weighted by Gasteiger charge is -2.25. The number of rotatable bonds is 4. The molecule has 1 aromatic rings. The van der Waals surface area contributed by atoms with E-state index in [9.17, 15) is 4.79 Å². The lowest BCUT2D eigenvalue weighted by Crippen LogP contribution is -2.35. The molecule has 1 N–H and O–H groups in total. The third-order valence-corrected chi connectivity index (χ3v) is 2.84. The van der Waals surface area contributed by atoms with Crippen LogP contribution in [0.3, 0.4) is 0 Å². The molecule has 0 heterocycles. The fourth-order valence-electron chi connectivity index (χ4n) is 1.99. The molecule has 0 aliphatic rings. The first kappa shape index (κ1) is 17.0. The largest absolute Gasteiger partial charge is 0.444 e. The maximum absolute atomic E-state index is 12.0. The number of carbonyl (C=O) groups excluding carboxylic acids is 1. The number of alkyl carbamates (subject to hydrolysis) is 1. The lowest BCUT2D eigenvalue weighted by atomic mass is 9.96. The number of nitrogens with zero attached hydrogens (tertiary/aromatic N) is 1. The highest BCUT2D eigenvalue weighted by Crippen LogP contribution is 2.22. The minimum Gasteiger partial charge on any atom is -0.444 e. The van der Waals surface area contributed by atoms with Crippen LogP contribution in [0.1, 0.15) is 58.2 Å². The predicted octanol–water partition coefficient (Wildman–Crippen LogP) is 4.17. The van der Waals surface area contributed by atoms with E-state index < -0.39 is 11.7 Å². The van der Waals surface area contributed by atoms with E-state index in [-0.39, 0.29) is 6.04 Å². The zero-order valence-electron chi connectivity index (χ0n) is 13.4. The van der Waals surface area contributed by atoms with Crippen LogP contribution in [0, 0.1) is 17.2 Å². The van der Waals surface area contributed by atoms with Gasteiger partial charge in [-0.05, 0) is 50.8 Å². The molecule has 0 radical (unpaired) electrons. The molecule has 0 aromatic heterocycles. The molecule has 21 heavy (non-hydrogen) atoms. The molecule has 1 amide bonds. The summed E-state index contributed by atoms with van der Waals surface area (Å²) >= 11 is 0. The second-order valence-electron chi connectivity index (χ2n) is 6.56. The van der Waals surface area contributed by atoms with Crippen molar-refractivity contribution in [1.29, 1.82) is 5.26 Å². The minimum absolute atomic E-state index is 0.118. The Morgan fingerprint density at radius 1 is 1.29 bits per heavy atom. The summed E-state index contributed by atoms with van der Waals surface area (Å²) in [6, 6.07) is 9.26. The maximum Gasteiger partial charge on any atom is 0.408 e. The second kappa shape index (κ2) is 7.12. The smallest absolute Gasteiger partial charge is 0.408 e. The quantitative estimate of drug-likeness (QED) is 0.904. The first-order valence-electron chi connectivity index (χ1n) is 7.21. The van der Waals surface area contributed by atoms with Crippen LogP contribution in [0.25, 0.3) is 0 Å². The van der Waals surface area contributed by atoms with Crippen LogP contribution in [0.5, 0.6) is 0 Å². The van der Waals surface area contributed by atoms with Crippen LogP contribution in [0.15, 0.2) is 24.3 Å². The monoisotopic (exact) mass is 288 g/mol. The van der Waals surface area contributed by atoms with Crippen molar-refractivity contribution in [2.45, 2.75) is 52.7 Å². The van der Waals surface area contributed by atoms with Crippen LogP contribution >= 0.6 is 0 Å². The van der Waals surface area contributed by atoms with Gasteiger partial charge in [-0.15, -0.1) is 0 Å². The average molecular weight is 288 g/mol. The summed E-state index contributed by atoms with van der Waals surface area (Å²) in [6.07, 6.45) is 0.392. The second-order valence-corrected chi connectivity index (χ2v) is 6.56. The Bertz CT molecular complexity index is 507. The summed E-state index contributed by atoms with van der Waals surface area (Å²) in [6.45, 7) is 9.73. The summed E-state index contributed by atoms with van der Waals surface area (Å²) in [5, 5.41) is 11.8. The molecule has 0 bridgehead atoms. The summed E-state index contributed by atoms with van der Waals surface area (Å²) in [5.41, 5.74) is 1.07. The Morgan fingerprint density at radius 2 is 1.86 bits per heavy atom. The molecule has 0 aliphatic heterocycles. The topological polar surface area (TPSA) is 62.1 Å². The van der Waals surface area contributed by atoms with Gasteiger partial charge in [-0.3, -0.25) is 0 Å². The van der Waals surface area contributed by atoms with Gasteiger partial charge in [0, 0.05) is 0 Å². The Labute approximate surface area is 127 Å². The highest BCUT2D eigenvalue weighted by molar-refractivity contribution is 5.68. The third-order valence-electron chi connectivity index (χ3n) is 2.84. The number of ether oxygens (including phenoxy) is 1. The third kappa shape index (κ3) is 6.31. The van der Waals surface area contributed by atoms with Gasteiger partial charge in [-0.2, -0.15) is 5.26 Å². The van der Waals surface area contributed by atoms with Crippen molar-refractivity contribution in [3.8, 4) is 6.07 Å². The van der Waals surface area contributed by atoms with E-state index in [1.54, 1.807) is 12.1 Å². The van der Waals surface area contributed by atoms with Crippen LogP contribution in [0.2, 0.25) is 0 Å². The van der Waals surface area contributed by atoms with Gasteiger partial charge in [0.2, 0.25) is 0 Å². The van der Waals surface area contributed by atoms with Crippen molar-refractivity contribution in [1.82, 2.24) is 5.32 Å². The zero-order chi connectivity index (χ0) is 16.0. The molecule has 1 atom stereocenters. The summed E-state index contributed by atoms with van der Waals surface area (Å²) in [4.78, 5) is 12.0. The van der Waals surface area contributed by atoms with Crippen LogP contribution in [0.4, 0.5) is 4.79 Å². The average Bonchev–Trinajstić information content (AvgIpc) is 2.35.